The second-order valence-corrected chi connectivity index (χ2v) is 3.92. The van der Waals surface area contributed by atoms with Gasteiger partial charge in [0.1, 0.15) is 0 Å². The fourth-order valence-electron chi connectivity index (χ4n) is 1.64. The van der Waals surface area contributed by atoms with Crippen LogP contribution in [0.4, 0.5) is 0 Å². The molecular weight excluding hydrogens is 232 g/mol. The zero-order valence-electron chi connectivity index (χ0n) is 9.61. The Labute approximate surface area is 103 Å². The number of carboxylic acid groups (broad SMARTS) is 1. The van der Waals surface area contributed by atoms with Gasteiger partial charge in [0.2, 0.25) is 0 Å². The van der Waals surface area contributed by atoms with Crippen LogP contribution in [-0.4, -0.2) is 20.6 Å². The van der Waals surface area contributed by atoms with Crippen LogP contribution in [0.1, 0.15) is 11.1 Å². The van der Waals surface area contributed by atoms with Crippen molar-refractivity contribution in [2.45, 2.75) is 13.0 Å². The normalized spacial score (nSPS) is 10.2. The molecule has 18 heavy (non-hydrogen) atoms. The maximum Gasteiger partial charge on any atom is 0.347 e. The molecule has 1 aromatic heterocycles. The molecule has 1 N–H and O–H groups in total. The van der Waals surface area contributed by atoms with Crippen molar-refractivity contribution in [3.8, 4) is 0 Å². The van der Waals surface area contributed by atoms with Crippen LogP contribution < -0.4 is 5.69 Å². The van der Waals surface area contributed by atoms with Gasteiger partial charge in [0.05, 0.1) is 13.0 Å². The van der Waals surface area contributed by atoms with Gasteiger partial charge in [-0.15, -0.1) is 0 Å². The molecule has 1 heterocycles. The van der Waals surface area contributed by atoms with Crippen LogP contribution in [-0.2, 0) is 17.8 Å². The highest BCUT2D eigenvalue weighted by Crippen LogP contribution is 2.06. The number of hydrogen-bond donors (Lipinski definition) is 1. The third kappa shape index (κ3) is 3.04. The minimum absolute atomic E-state index is 0.00706. The number of carbonyl (C=O) groups is 1. The van der Waals surface area contributed by atoms with Crippen molar-refractivity contribution in [1.82, 2.24) is 9.55 Å². The first-order valence-electron chi connectivity index (χ1n) is 5.46. The van der Waals surface area contributed by atoms with Crippen LogP contribution in [0.2, 0.25) is 0 Å². The summed E-state index contributed by atoms with van der Waals surface area (Å²) < 4.78 is 1.49. The molecular formula is C13H12N2O3. The highest BCUT2D eigenvalue weighted by atomic mass is 16.4. The van der Waals surface area contributed by atoms with Crippen molar-refractivity contribution in [3.05, 3.63) is 64.3 Å². The molecule has 0 saturated heterocycles. The third-order valence-corrected chi connectivity index (χ3v) is 2.51. The van der Waals surface area contributed by atoms with E-state index in [1.54, 1.807) is 24.4 Å². The second-order valence-electron chi connectivity index (χ2n) is 3.92. The maximum atomic E-state index is 11.4. The average Bonchev–Trinajstić information content (AvgIpc) is 2.34. The Morgan fingerprint density at radius 1 is 1.22 bits per heavy atom. The molecule has 0 unspecified atom stereocenters. The number of hydrogen-bond acceptors (Lipinski definition) is 3. The van der Waals surface area contributed by atoms with E-state index in [4.69, 9.17) is 5.11 Å². The molecule has 0 radical (unpaired) electrons. The quantitative estimate of drug-likeness (QED) is 0.868. The largest absolute Gasteiger partial charge is 0.481 e. The summed E-state index contributed by atoms with van der Waals surface area (Å²) in [6.45, 7) is 0.431. The molecule has 1 aromatic carbocycles. The van der Waals surface area contributed by atoms with Crippen LogP contribution in [0.3, 0.4) is 0 Å². The molecule has 0 atom stereocenters. The smallest absolute Gasteiger partial charge is 0.347 e. The van der Waals surface area contributed by atoms with E-state index in [9.17, 15) is 9.59 Å². The van der Waals surface area contributed by atoms with Crippen molar-refractivity contribution >= 4 is 5.97 Å². The Morgan fingerprint density at radius 3 is 2.50 bits per heavy atom. The van der Waals surface area contributed by atoms with Crippen molar-refractivity contribution in [1.29, 1.82) is 0 Å². The topological polar surface area (TPSA) is 72.2 Å². The fourth-order valence-corrected chi connectivity index (χ4v) is 1.64. The summed E-state index contributed by atoms with van der Waals surface area (Å²) in [7, 11) is 0. The van der Waals surface area contributed by atoms with Gasteiger partial charge in [0.25, 0.3) is 0 Å². The molecule has 0 amide bonds. The van der Waals surface area contributed by atoms with E-state index in [1.165, 1.54) is 10.8 Å². The van der Waals surface area contributed by atoms with E-state index >= 15 is 0 Å². The molecule has 0 fully saturated rings. The van der Waals surface area contributed by atoms with Gasteiger partial charge in [-0.05, 0) is 17.2 Å². The van der Waals surface area contributed by atoms with E-state index in [2.05, 4.69) is 4.98 Å². The van der Waals surface area contributed by atoms with Crippen molar-refractivity contribution in [3.63, 3.8) is 0 Å². The summed E-state index contributed by atoms with van der Waals surface area (Å²) >= 11 is 0. The summed E-state index contributed by atoms with van der Waals surface area (Å²) in [6.07, 6.45) is 3.13. The fraction of sp³-hybridized carbons (Fsp3) is 0.154. The SMILES string of the molecule is O=C(O)Cc1ccc(Cn2cccnc2=O)cc1. The number of rotatable bonds is 4. The molecule has 0 aliphatic rings. The highest BCUT2D eigenvalue weighted by Gasteiger charge is 2.01. The predicted octanol–water partition coefficient (Wildman–Crippen LogP) is 0.919. The van der Waals surface area contributed by atoms with Crippen LogP contribution in [0.15, 0.2) is 47.5 Å². The Bertz CT molecular complexity index is 602. The van der Waals surface area contributed by atoms with Gasteiger partial charge >= 0.3 is 11.7 Å². The molecule has 0 saturated carbocycles. The van der Waals surface area contributed by atoms with E-state index in [1.807, 2.05) is 12.1 Å². The first-order chi connectivity index (χ1) is 8.65. The van der Waals surface area contributed by atoms with Gasteiger partial charge < -0.3 is 5.11 Å². The molecule has 2 rings (SSSR count). The predicted molar refractivity (Wildman–Crippen MR) is 65.4 cm³/mol. The number of carboxylic acids is 1. The molecule has 2 aromatic rings. The molecule has 5 nitrogen and oxygen atoms in total. The van der Waals surface area contributed by atoms with Gasteiger partial charge in [0.15, 0.2) is 0 Å². The van der Waals surface area contributed by atoms with Gasteiger partial charge in [-0.3, -0.25) is 9.36 Å². The molecule has 92 valence electrons. The van der Waals surface area contributed by atoms with Crippen molar-refractivity contribution < 1.29 is 9.90 Å². The summed E-state index contributed by atoms with van der Waals surface area (Å²) in [5.74, 6) is -0.855. The minimum Gasteiger partial charge on any atom is -0.481 e. The summed E-state index contributed by atoms with van der Waals surface area (Å²) in [5.41, 5.74) is 1.37. The summed E-state index contributed by atoms with van der Waals surface area (Å²) in [6, 6.07) is 8.84. The van der Waals surface area contributed by atoms with Crippen LogP contribution in [0.5, 0.6) is 0 Å². The van der Waals surface area contributed by atoms with E-state index in [0.717, 1.165) is 11.1 Å². The summed E-state index contributed by atoms with van der Waals surface area (Å²) in [4.78, 5) is 25.6. The van der Waals surface area contributed by atoms with Crippen LogP contribution in [0.25, 0.3) is 0 Å². The summed E-state index contributed by atoms with van der Waals surface area (Å²) in [5, 5.41) is 8.65. The Balaban J connectivity index is 2.14. The highest BCUT2D eigenvalue weighted by molar-refractivity contribution is 5.70. The van der Waals surface area contributed by atoms with Gasteiger partial charge in [-0.25, -0.2) is 9.78 Å². The van der Waals surface area contributed by atoms with Crippen LogP contribution >= 0.6 is 0 Å². The minimum atomic E-state index is -0.855. The Morgan fingerprint density at radius 2 is 1.89 bits per heavy atom. The first kappa shape index (κ1) is 12.0. The molecule has 0 aliphatic carbocycles. The zero-order chi connectivity index (χ0) is 13.0. The van der Waals surface area contributed by atoms with E-state index in [0.29, 0.717) is 6.54 Å². The number of aliphatic carboxylic acids is 1. The average molecular weight is 244 g/mol. The van der Waals surface area contributed by atoms with Crippen molar-refractivity contribution in [2.24, 2.45) is 0 Å². The van der Waals surface area contributed by atoms with Gasteiger partial charge in [-0.2, -0.15) is 0 Å². The second kappa shape index (κ2) is 5.27. The van der Waals surface area contributed by atoms with E-state index in [-0.39, 0.29) is 12.1 Å². The van der Waals surface area contributed by atoms with Gasteiger partial charge in [-0.1, -0.05) is 24.3 Å². The number of benzene rings is 1. The third-order valence-electron chi connectivity index (χ3n) is 2.51. The molecule has 5 heteroatoms. The molecule has 0 spiro atoms. The Hall–Kier alpha value is -2.43. The van der Waals surface area contributed by atoms with E-state index < -0.39 is 5.97 Å². The van der Waals surface area contributed by atoms with Crippen molar-refractivity contribution in [2.75, 3.05) is 0 Å². The zero-order valence-corrected chi connectivity index (χ0v) is 9.61. The number of aromatic nitrogens is 2. The lowest BCUT2D eigenvalue weighted by Gasteiger charge is -2.05. The Kier molecular flexibility index (Phi) is 3.52. The lowest BCUT2D eigenvalue weighted by atomic mass is 10.1. The maximum absolute atomic E-state index is 11.4. The lowest BCUT2D eigenvalue weighted by molar-refractivity contribution is -0.136. The lowest BCUT2D eigenvalue weighted by Crippen LogP contribution is -2.21. The number of nitrogens with zero attached hydrogens (tertiary/aromatic N) is 2. The monoisotopic (exact) mass is 244 g/mol. The van der Waals surface area contributed by atoms with Crippen LogP contribution in [0, 0.1) is 0 Å². The standard InChI is InChI=1S/C13H12N2O3/c16-12(17)8-10-2-4-11(5-3-10)9-15-7-1-6-14-13(15)18/h1-7H,8-9H2,(H,16,17). The van der Waals surface area contributed by atoms with Gasteiger partial charge in [0, 0.05) is 12.4 Å². The molecule has 0 aliphatic heterocycles. The first-order valence-corrected chi connectivity index (χ1v) is 5.46. The molecule has 0 bridgehead atoms.